The minimum Gasteiger partial charge on any atom is -0.353 e. The van der Waals surface area contributed by atoms with Gasteiger partial charge in [0.25, 0.3) is 0 Å². The van der Waals surface area contributed by atoms with Gasteiger partial charge in [-0.1, -0.05) is 0 Å². The number of anilines is 1. The number of hydrogen-bond acceptors (Lipinski definition) is 6. The minimum atomic E-state index is 0.724. The molecular weight excluding hydrogens is 248 g/mol. The molecule has 3 aromatic heterocycles. The molecule has 0 amide bonds. The molecule has 92 valence electrons. The van der Waals surface area contributed by atoms with E-state index in [-0.39, 0.29) is 0 Å². The number of rotatable bonds is 3. The molecule has 0 aliphatic heterocycles. The monoisotopic (exact) mass is 260 g/mol. The standard InChI is InChI=1S/C11H12N6S/c1-7-15-8(5-18-7)4-17(2)11-9-3-14-16-10(9)12-6-13-11/h3,5-6H,4H2,1-2H3,(H,12,13,14,16). The number of aryl methyl sites for hydroxylation is 1. The molecule has 0 radical (unpaired) electrons. The minimum absolute atomic E-state index is 0.724. The second-order valence-corrected chi connectivity index (χ2v) is 5.11. The lowest BCUT2D eigenvalue weighted by atomic mass is 10.3. The average Bonchev–Trinajstić information content (AvgIpc) is 2.97. The van der Waals surface area contributed by atoms with Gasteiger partial charge in [-0.25, -0.2) is 15.0 Å². The van der Waals surface area contributed by atoms with Crippen molar-refractivity contribution in [2.24, 2.45) is 0 Å². The Labute approximate surface area is 108 Å². The largest absolute Gasteiger partial charge is 0.353 e. The van der Waals surface area contributed by atoms with Crippen LogP contribution >= 0.6 is 11.3 Å². The molecule has 0 fully saturated rings. The molecule has 0 atom stereocenters. The van der Waals surface area contributed by atoms with Crippen LogP contribution in [0.2, 0.25) is 0 Å². The molecule has 3 heterocycles. The first-order valence-electron chi connectivity index (χ1n) is 5.50. The zero-order valence-electron chi connectivity index (χ0n) is 10.1. The van der Waals surface area contributed by atoms with Crippen LogP contribution in [0.3, 0.4) is 0 Å². The molecule has 1 N–H and O–H groups in total. The van der Waals surface area contributed by atoms with E-state index in [9.17, 15) is 0 Å². The maximum absolute atomic E-state index is 4.45. The van der Waals surface area contributed by atoms with E-state index in [2.05, 4.69) is 30.5 Å². The number of nitrogens with one attached hydrogen (secondary N) is 1. The van der Waals surface area contributed by atoms with E-state index in [4.69, 9.17) is 0 Å². The molecule has 3 rings (SSSR count). The summed E-state index contributed by atoms with van der Waals surface area (Å²) in [4.78, 5) is 14.9. The summed E-state index contributed by atoms with van der Waals surface area (Å²) in [5.41, 5.74) is 1.80. The van der Waals surface area contributed by atoms with Crippen LogP contribution in [0.1, 0.15) is 10.7 Å². The van der Waals surface area contributed by atoms with Crippen molar-refractivity contribution in [3.8, 4) is 0 Å². The fraction of sp³-hybridized carbons (Fsp3) is 0.273. The molecule has 18 heavy (non-hydrogen) atoms. The number of H-pyrrole nitrogens is 1. The molecule has 6 nitrogen and oxygen atoms in total. The summed E-state index contributed by atoms with van der Waals surface area (Å²) < 4.78 is 0. The van der Waals surface area contributed by atoms with Crippen molar-refractivity contribution in [3.05, 3.63) is 28.6 Å². The zero-order valence-corrected chi connectivity index (χ0v) is 10.9. The second kappa shape index (κ2) is 4.34. The normalized spacial score (nSPS) is 11.0. The van der Waals surface area contributed by atoms with E-state index in [1.165, 1.54) is 0 Å². The highest BCUT2D eigenvalue weighted by Crippen LogP contribution is 2.21. The summed E-state index contributed by atoms with van der Waals surface area (Å²) in [7, 11) is 1.99. The maximum Gasteiger partial charge on any atom is 0.160 e. The third-order valence-electron chi connectivity index (χ3n) is 2.65. The van der Waals surface area contributed by atoms with Gasteiger partial charge in [0, 0.05) is 12.4 Å². The average molecular weight is 260 g/mol. The number of fused-ring (bicyclic) bond motifs is 1. The van der Waals surface area contributed by atoms with Crippen LogP contribution in [0.5, 0.6) is 0 Å². The molecule has 0 aliphatic carbocycles. The first-order chi connectivity index (χ1) is 8.74. The number of hydrogen-bond donors (Lipinski definition) is 1. The summed E-state index contributed by atoms with van der Waals surface area (Å²) in [6.07, 6.45) is 3.28. The number of aromatic amines is 1. The third kappa shape index (κ3) is 1.92. The SMILES string of the molecule is Cc1nc(CN(C)c2ncnc3[nH]ncc23)cs1. The van der Waals surface area contributed by atoms with E-state index < -0.39 is 0 Å². The van der Waals surface area contributed by atoms with Crippen LogP contribution in [-0.4, -0.2) is 32.2 Å². The van der Waals surface area contributed by atoms with Crippen molar-refractivity contribution in [1.29, 1.82) is 0 Å². The van der Waals surface area contributed by atoms with E-state index in [1.54, 1.807) is 23.9 Å². The smallest absolute Gasteiger partial charge is 0.160 e. The van der Waals surface area contributed by atoms with Crippen LogP contribution in [0, 0.1) is 6.92 Å². The Balaban J connectivity index is 1.92. The van der Waals surface area contributed by atoms with Gasteiger partial charge in [-0.3, -0.25) is 5.10 Å². The molecule has 3 aromatic rings. The van der Waals surface area contributed by atoms with E-state index in [0.29, 0.717) is 0 Å². The first-order valence-corrected chi connectivity index (χ1v) is 6.38. The molecule has 0 spiro atoms. The van der Waals surface area contributed by atoms with Crippen molar-refractivity contribution in [2.45, 2.75) is 13.5 Å². The van der Waals surface area contributed by atoms with E-state index >= 15 is 0 Å². The summed E-state index contributed by atoms with van der Waals surface area (Å²) in [5.74, 6) is 0.861. The molecule has 0 saturated carbocycles. The first kappa shape index (κ1) is 11.1. The van der Waals surface area contributed by atoms with Crippen LogP contribution in [0.4, 0.5) is 5.82 Å². The highest BCUT2D eigenvalue weighted by molar-refractivity contribution is 7.09. The Morgan fingerprint density at radius 2 is 2.28 bits per heavy atom. The Morgan fingerprint density at radius 1 is 1.39 bits per heavy atom. The Morgan fingerprint density at radius 3 is 3.06 bits per heavy atom. The predicted octanol–water partition coefficient (Wildman–Crippen LogP) is 1.75. The summed E-state index contributed by atoms with van der Waals surface area (Å²) in [5, 5.41) is 10.9. The summed E-state index contributed by atoms with van der Waals surface area (Å²) in [6, 6.07) is 0. The van der Waals surface area contributed by atoms with Gasteiger partial charge in [0.1, 0.15) is 12.1 Å². The fourth-order valence-corrected chi connectivity index (χ4v) is 2.46. The van der Waals surface area contributed by atoms with Crippen LogP contribution in [-0.2, 0) is 6.54 Å². The molecule has 0 unspecified atom stereocenters. The van der Waals surface area contributed by atoms with Crippen molar-refractivity contribution < 1.29 is 0 Å². The predicted molar refractivity (Wildman–Crippen MR) is 70.6 cm³/mol. The van der Waals surface area contributed by atoms with Crippen LogP contribution < -0.4 is 4.90 Å². The number of nitrogens with zero attached hydrogens (tertiary/aromatic N) is 5. The molecule has 0 bridgehead atoms. The van der Waals surface area contributed by atoms with Crippen molar-refractivity contribution in [1.82, 2.24) is 25.1 Å². The lowest BCUT2D eigenvalue weighted by molar-refractivity contribution is 0.872. The van der Waals surface area contributed by atoms with Crippen molar-refractivity contribution in [3.63, 3.8) is 0 Å². The molecule has 0 aromatic carbocycles. The van der Waals surface area contributed by atoms with Gasteiger partial charge in [-0.05, 0) is 6.92 Å². The molecule has 0 aliphatic rings. The molecular formula is C11H12N6S. The molecule has 7 heteroatoms. The van der Waals surface area contributed by atoms with Crippen molar-refractivity contribution >= 4 is 28.2 Å². The Bertz CT molecular complexity index is 673. The molecule has 0 saturated heterocycles. The number of aromatic nitrogens is 5. The van der Waals surface area contributed by atoms with Crippen LogP contribution in [0.25, 0.3) is 11.0 Å². The van der Waals surface area contributed by atoms with Gasteiger partial charge in [-0.15, -0.1) is 11.3 Å². The highest BCUT2D eigenvalue weighted by atomic mass is 32.1. The van der Waals surface area contributed by atoms with E-state index in [1.807, 2.05) is 18.9 Å². The lowest BCUT2D eigenvalue weighted by Crippen LogP contribution is -2.18. The van der Waals surface area contributed by atoms with Gasteiger partial charge in [0.05, 0.1) is 28.8 Å². The third-order valence-corrected chi connectivity index (χ3v) is 3.48. The van der Waals surface area contributed by atoms with Gasteiger partial charge < -0.3 is 4.90 Å². The summed E-state index contributed by atoms with van der Waals surface area (Å²) >= 11 is 1.66. The van der Waals surface area contributed by atoms with Gasteiger partial charge in [-0.2, -0.15) is 5.10 Å². The highest BCUT2D eigenvalue weighted by Gasteiger charge is 2.11. The zero-order chi connectivity index (χ0) is 12.5. The van der Waals surface area contributed by atoms with Crippen LogP contribution in [0.15, 0.2) is 17.9 Å². The maximum atomic E-state index is 4.45. The second-order valence-electron chi connectivity index (χ2n) is 4.04. The van der Waals surface area contributed by atoms with Gasteiger partial charge >= 0.3 is 0 Å². The Kier molecular flexibility index (Phi) is 2.67. The van der Waals surface area contributed by atoms with E-state index in [0.717, 1.165) is 34.1 Å². The van der Waals surface area contributed by atoms with Crippen molar-refractivity contribution in [2.75, 3.05) is 11.9 Å². The topological polar surface area (TPSA) is 70.6 Å². The quantitative estimate of drug-likeness (QED) is 0.777. The number of thiazole rings is 1. The lowest BCUT2D eigenvalue weighted by Gasteiger charge is -2.16. The van der Waals surface area contributed by atoms with Gasteiger partial charge in [0.15, 0.2) is 5.65 Å². The Hall–Kier alpha value is -2.02. The van der Waals surface area contributed by atoms with Gasteiger partial charge in [0.2, 0.25) is 0 Å². The summed E-state index contributed by atoms with van der Waals surface area (Å²) in [6.45, 7) is 2.73. The fourth-order valence-electron chi connectivity index (χ4n) is 1.86.